The maximum absolute atomic E-state index is 11.0. The van der Waals surface area contributed by atoms with Crippen molar-refractivity contribution in [1.29, 1.82) is 0 Å². The number of hydrogen-bond acceptors (Lipinski definition) is 2. The Hall–Kier alpha value is -2.62. The van der Waals surface area contributed by atoms with E-state index in [2.05, 4.69) is 4.98 Å². The second kappa shape index (κ2) is 4.00. The van der Waals surface area contributed by atoms with E-state index < -0.39 is 5.97 Å². The van der Waals surface area contributed by atoms with Crippen molar-refractivity contribution in [3.63, 3.8) is 0 Å². The van der Waals surface area contributed by atoms with E-state index in [9.17, 15) is 4.79 Å². The fourth-order valence-corrected chi connectivity index (χ4v) is 1.96. The Kier molecular flexibility index (Phi) is 2.34. The van der Waals surface area contributed by atoms with Crippen LogP contribution in [0, 0.1) is 0 Å². The molecule has 0 atom stereocenters. The highest BCUT2D eigenvalue weighted by atomic mass is 16.4. The fraction of sp³-hybridized carbons (Fsp3) is 0. The van der Waals surface area contributed by atoms with Crippen LogP contribution < -0.4 is 0 Å². The maximum atomic E-state index is 11.0. The van der Waals surface area contributed by atoms with Crippen LogP contribution in [0.25, 0.3) is 16.7 Å². The molecule has 2 aromatic heterocycles. The van der Waals surface area contributed by atoms with Crippen LogP contribution in [0.1, 0.15) is 10.4 Å². The van der Waals surface area contributed by atoms with Crippen molar-refractivity contribution in [3.05, 3.63) is 60.4 Å². The van der Waals surface area contributed by atoms with Crippen LogP contribution in [-0.2, 0) is 0 Å². The van der Waals surface area contributed by atoms with Gasteiger partial charge in [0.1, 0.15) is 5.82 Å². The summed E-state index contributed by atoms with van der Waals surface area (Å²) >= 11 is 0. The molecule has 0 spiro atoms. The van der Waals surface area contributed by atoms with Gasteiger partial charge in [0.05, 0.1) is 11.1 Å². The lowest BCUT2D eigenvalue weighted by Crippen LogP contribution is -1.98. The highest BCUT2D eigenvalue weighted by Gasteiger charge is 2.08. The molecule has 1 aromatic carbocycles. The molecule has 0 fully saturated rings. The minimum atomic E-state index is -0.925. The molecule has 0 amide bonds. The molecule has 88 valence electrons. The molecule has 4 heteroatoms. The van der Waals surface area contributed by atoms with Gasteiger partial charge in [-0.15, -0.1) is 0 Å². The first kappa shape index (κ1) is 10.5. The Morgan fingerprint density at radius 2 is 2.06 bits per heavy atom. The summed E-state index contributed by atoms with van der Waals surface area (Å²) in [5.74, 6) is -0.152. The first-order valence-corrected chi connectivity index (χ1v) is 5.51. The van der Waals surface area contributed by atoms with Gasteiger partial charge in [-0.2, -0.15) is 0 Å². The van der Waals surface area contributed by atoms with Gasteiger partial charge in [0.25, 0.3) is 0 Å². The smallest absolute Gasteiger partial charge is 0.335 e. The molecule has 4 nitrogen and oxygen atoms in total. The van der Waals surface area contributed by atoms with Crippen molar-refractivity contribution in [3.8, 4) is 5.82 Å². The lowest BCUT2D eigenvalue weighted by atomic mass is 10.1. The molecule has 1 N–H and O–H groups in total. The SMILES string of the molecule is O=C(O)c1ccc2ccn(-c3ccccn3)c2c1. The Morgan fingerprint density at radius 3 is 2.78 bits per heavy atom. The maximum Gasteiger partial charge on any atom is 0.335 e. The predicted molar refractivity (Wildman–Crippen MR) is 68.0 cm³/mol. The molecule has 0 bridgehead atoms. The van der Waals surface area contributed by atoms with Crippen molar-refractivity contribution in [2.45, 2.75) is 0 Å². The summed E-state index contributed by atoms with van der Waals surface area (Å²) < 4.78 is 1.88. The van der Waals surface area contributed by atoms with E-state index in [1.807, 2.05) is 35.0 Å². The molecule has 0 aliphatic carbocycles. The summed E-state index contributed by atoms with van der Waals surface area (Å²) in [6.07, 6.45) is 3.60. The number of carboxylic acids is 1. The molecule has 0 saturated heterocycles. The predicted octanol–water partition coefficient (Wildman–Crippen LogP) is 2.72. The molecule has 0 radical (unpaired) electrons. The van der Waals surface area contributed by atoms with Gasteiger partial charge in [0.15, 0.2) is 0 Å². The molecule has 18 heavy (non-hydrogen) atoms. The summed E-state index contributed by atoms with van der Waals surface area (Å²) in [6, 6.07) is 12.6. The van der Waals surface area contributed by atoms with Crippen LogP contribution in [0.15, 0.2) is 54.9 Å². The zero-order chi connectivity index (χ0) is 12.5. The molecule has 0 aliphatic rings. The number of hydrogen-bond donors (Lipinski definition) is 1. The van der Waals surface area contributed by atoms with Gasteiger partial charge in [-0.05, 0) is 30.3 Å². The standard InChI is InChI=1S/C14H10N2O2/c17-14(18)11-5-4-10-6-8-16(12(10)9-11)13-3-1-2-7-15-13/h1-9H,(H,17,18). The van der Waals surface area contributed by atoms with E-state index in [-0.39, 0.29) is 5.56 Å². The molecule has 0 saturated carbocycles. The number of benzene rings is 1. The van der Waals surface area contributed by atoms with Crippen molar-refractivity contribution < 1.29 is 9.90 Å². The number of pyridine rings is 1. The summed E-state index contributed by atoms with van der Waals surface area (Å²) in [5, 5.41) is 10.0. The first-order chi connectivity index (χ1) is 8.75. The van der Waals surface area contributed by atoms with Crippen molar-refractivity contribution in [2.24, 2.45) is 0 Å². The van der Waals surface area contributed by atoms with Crippen molar-refractivity contribution in [2.75, 3.05) is 0 Å². The van der Waals surface area contributed by atoms with Crippen LogP contribution >= 0.6 is 0 Å². The zero-order valence-corrected chi connectivity index (χ0v) is 9.45. The largest absolute Gasteiger partial charge is 0.478 e. The Balaban J connectivity index is 2.24. The monoisotopic (exact) mass is 238 g/mol. The summed E-state index contributed by atoms with van der Waals surface area (Å²) in [5.41, 5.74) is 1.12. The van der Waals surface area contributed by atoms with Crippen LogP contribution in [0.3, 0.4) is 0 Å². The number of aromatic nitrogens is 2. The Bertz CT molecular complexity index is 717. The van der Waals surface area contributed by atoms with Gasteiger partial charge in [0.2, 0.25) is 0 Å². The zero-order valence-electron chi connectivity index (χ0n) is 9.45. The first-order valence-electron chi connectivity index (χ1n) is 5.51. The quantitative estimate of drug-likeness (QED) is 0.746. The number of carbonyl (C=O) groups is 1. The summed E-state index contributed by atoms with van der Waals surface area (Å²) in [4.78, 5) is 15.3. The number of fused-ring (bicyclic) bond motifs is 1. The van der Waals surface area contributed by atoms with Crippen LogP contribution in [0.2, 0.25) is 0 Å². The molecule has 3 rings (SSSR count). The van der Waals surface area contributed by atoms with E-state index in [1.54, 1.807) is 24.4 Å². The third-order valence-electron chi connectivity index (χ3n) is 2.84. The minimum Gasteiger partial charge on any atom is -0.478 e. The summed E-state index contributed by atoms with van der Waals surface area (Å²) in [6.45, 7) is 0. The van der Waals surface area contributed by atoms with E-state index in [4.69, 9.17) is 5.11 Å². The van der Waals surface area contributed by atoms with Gasteiger partial charge in [-0.25, -0.2) is 9.78 Å². The van der Waals surface area contributed by atoms with E-state index in [0.29, 0.717) is 0 Å². The molecule has 3 aromatic rings. The van der Waals surface area contributed by atoms with E-state index in [1.165, 1.54) is 0 Å². The number of aromatic carboxylic acids is 1. The lowest BCUT2D eigenvalue weighted by molar-refractivity contribution is 0.0697. The van der Waals surface area contributed by atoms with Crippen molar-refractivity contribution >= 4 is 16.9 Å². The second-order valence-corrected chi connectivity index (χ2v) is 3.95. The third-order valence-corrected chi connectivity index (χ3v) is 2.84. The van der Waals surface area contributed by atoms with Crippen LogP contribution in [-0.4, -0.2) is 20.6 Å². The molecule has 2 heterocycles. The highest BCUT2D eigenvalue weighted by molar-refractivity contribution is 5.93. The van der Waals surface area contributed by atoms with E-state index >= 15 is 0 Å². The number of nitrogens with zero attached hydrogens (tertiary/aromatic N) is 2. The lowest BCUT2D eigenvalue weighted by Gasteiger charge is -2.04. The Labute approximate surface area is 103 Å². The number of carboxylic acid groups (broad SMARTS) is 1. The fourth-order valence-electron chi connectivity index (χ4n) is 1.96. The highest BCUT2D eigenvalue weighted by Crippen LogP contribution is 2.20. The Morgan fingerprint density at radius 1 is 1.17 bits per heavy atom. The van der Waals surface area contributed by atoms with Gasteiger partial charge >= 0.3 is 5.97 Å². The average molecular weight is 238 g/mol. The van der Waals surface area contributed by atoms with Crippen LogP contribution in [0.4, 0.5) is 0 Å². The van der Waals surface area contributed by atoms with Gasteiger partial charge in [0, 0.05) is 17.8 Å². The van der Waals surface area contributed by atoms with E-state index in [0.717, 1.165) is 16.7 Å². The van der Waals surface area contributed by atoms with Gasteiger partial charge < -0.3 is 9.67 Å². The minimum absolute atomic E-state index is 0.276. The average Bonchev–Trinajstić information content (AvgIpc) is 2.82. The summed E-state index contributed by atoms with van der Waals surface area (Å²) in [7, 11) is 0. The third kappa shape index (κ3) is 1.64. The molecular weight excluding hydrogens is 228 g/mol. The van der Waals surface area contributed by atoms with Crippen LogP contribution in [0.5, 0.6) is 0 Å². The molecule has 0 unspecified atom stereocenters. The number of rotatable bonds is 2. The second-order valence-electron chi connectivity index (χ2n) is 3.95. The topological polar surface area (TPSA) is 55.1 Å². The molecular formula is C14H10N2O2. The molecule has 0 aliphatic heterocycles. The van der Waals surface area contributed by atoms with Gasteiger partial charge in [-0.1, -0.05) is 12.1 Å². The van der Waals surface area contributed by atoms with Crippen molar-refractivity contribution in [1.82, 2.24) is 9.55 Å². The van der Waals surface area contributed by atoms with Gasteiger partial charge in [-0.3, -0.25) is 0 Å². The normalized spacial score (nSPS) is 10.7.